The molecular formula is C23H18N2. The highest BCUT2D eigenvalue weighted by Gasteiger charge is 2.32. The summed E-state index contributed by atoms with van der Waals surface area (Å²) < 4.78 is 2.42. The third-order valence-corrected chi connectivity index (χ3v) is 6.07. The van der Waals surface area contributed by atoms with Crippen LogP contribution in [0.15, 0.2) is 60.7 Å². The maximum atomic E-state index is 5.04. The normalized spacial score (nSPS) is 19.6. The highest BCUT2D eigenvalue weighted by molar-refractivity contribution is 5.90. The summed E-state index contributed by atoms with van der Waals surface area (Å²) in [5.74, 6) is 1.83. The number of rotatable bonds is 0. The van der Waals surface area contributed by atoms with Crippen molar-refractivity contribution in [3.05, 3.63) is 82.9 Å². The second-order valence-corrected chi connectivity index (χ2v) is 7.34. The van der Waals surface area contributed by atoms with Crippen LogP contribution in [-0.4, -0.2) is 9.55 Å². The van der Waals surface area contributed by atoms with Crippen LogP contribution in [0.25, 0.3) is 28.1 Å². The topological polar surface area (TPSA) is 17.8 Å². The molecule has 2 aliphatic heterocycles. The molecule has 0 radical (unpaired) electrons. The number of imidazole rings is 1. The smallest absolute Gasteiger partial charge is 0.145 e. The summed E-state index contributed by atoms with van der Waals surface area (Å²) in [6.45, 7) is 4.64. The molecule has 4 aromatic rings. The SMILES string of the molecule is CC1c2cccc(c2)-c2nc3cccc4c3n2-c2c1cccc2C4C. The van der Waals surface area contributed by atoms with E-state index in [4.69, 9.17) is 4.98 Å². The van der Waals surface area contributed by atoms with Crippen molar-refractivity contribution in [3.8, 4) is 17.1 Å². The van der Waals surface area contributed by atoms with Crippen LogP contribution in [0.4, 0.5) is 0 Å². The van der Waals surface area contributed by atoms with Crippen molar-refractivity contribution in [1.82, 2.24) is 9.55 Å². The lowest BCUT2D eigenvalue weighted by Gasteiger charge is -2.31. The van der Waals surface area contributed by atoms with E-state index >= 15 is 0 Å². The molecule has 6 rings (SSSR count). The third kappa shape index (κ3) is 1.53. The molecule has 0 saturated heterocycles. The van der Waals surface area contributed by atoms with E-state index in [9.17, 15) is 0 Å². The molecule has 2 nitrogen and oxygen atoms in total. The van der Waals surface area contributed by atoms with Gasteiger partial charge in [-0.2, -0.15) is 0 Å². The van der Waals surface area contributed by atoms with Crippen LogP contribution in [0.2, 0.25) is 0 Å². The summed E-state index contributed by atoms with van der Waals surface area (Å²) in [4.78, 5) is 5.04. The molecule has 2 heteroatoms. The molecule has 2 bridgehead atoms. The fraction of sp³-hybridized carbons (Fsp3) is 0.174. The summed E-state index contributed by atoms with van der Waals surface area (Å²) in [6.07, 6.45) is 0. The average molecular weight is 322 g/mol. The minimum atomic E-state index is 0.373. The van der Waals surface area contributed by atoms with Crippen LogP contribution in [0.5, 0.6) is 0 Å². The molecule has 120 valence electrons. The summed E-state index contributed by atoms with van der Waals surface area (Å²) in [7, 11) is 0. The van der Waals surface area contributed by atoms with Gasteiger partial charge in [0.05, 0.1) is 16.7 Å². The second kappa shape index (κ2) is 4.40. The Kier molecular flexibility index (Phi) is 2.36. The van der Waals surface area contributed by atoms with E-state index in [-0.39, 0.29) is 0 Å². The second-order valence-electron chi connectivity index (χ2n) is 7.34. The van der Waals surface area contributed by atoms with E-state index in [2.05, 4.69) is 79.1 Å². The number of aromatic nitrogens is 2. The molecule has 0 N–H and O–H groups in total. The minimum absolute atomic E-state index is 0.373. The van der Waals surface area contributed by atoms with Gasteiger partial charge in [-0.25, -0.2) is 4.98 Å². The molecule has 3 aromatic carbocycles. The average Bonchev–Trinajstić information content (AvgIpc) is 3.04. The summed E-state index contributed by atoms with van der Waals surface area (Å²) in [5, 5.41) is 0. The molecule has 2 atom stereocenters. The predicted octanol–water partition coefficient (Wildman–Crippen LogP) is 5.62. The quantitative estimate of drug-likeness (QED) is 0.411. The van der Waals surface area contributed by atoms with E-state index < -0.39 is 0 Å². The lowest BCUT2D eigenvalue weighted by Crippen LogP contribution is -2.17. The number of benzene rings is 3. The Morgan fingerprint density at radius 1 is 0.800 bits per heavy atom. The molecule has 0 fully saturated rings. The van der Waals surface area contributed by atoms with Gasteiger partial charge in [0.1, 0.15) is 5.82 Å². The van der Waals surface area contributed by atoms with Gasteiger partial charge in [-0.15, -0.1) is 0 Å². The Balaban J connectivity index is 1.92. The van der Waals surface area contributed by atoms with E-state index in [1.165, 1.54) is 39.0 Å². The molecule has 0 saturated carbocycles. The van der Waals surface area contributed by atoms with Crippen LogP contribution in [0.3, 0.4) is 0 Å². The van der Waals surface area contributed by atoms with Gasteiger partial charge in [-0.1, -0.05) is 62.4 Å². The fourth-order valence-corrected chi connectivity index (χ4v) is 4.74. The van der Waals surface area contributed by atoms with Gasteiger partial charge in [0.25, 0.3) is 0 Å². The first-order chi connectivity index (χ1) is 12.2. The maximum absolute atomic E-state index is 5.04. The van der Waals surface area contributed by atoms with Crippen molar-refractivity contribution in [2.24, 2.45) is 0 Å². The Morgan fingerprint density at radius 2 is 1.52 bits per heavy atom. The van der Waals surface area contributed by atoms with Gasteiger partial charge in [-0.05, 0) is 34.4 Å². The zero-order chi connectivity index (χ0) is 16.7. The van der Waals surface area contributed by atoms with Gasteiger partial charge in [0, 0.05) is 17.4 Å². The van der Waals surface area contributed by atoms with E-state index in [0.717, 1.165) is 11.3 Å². The Morgan fingerprint density at radius 3 is 2.40 bits per heavy atom. The lowest BCUT2D eigenvalue weighted by atomic mass is 9.82. The van der Waals surface area contributed by atoms with Gasteiger partial charge in [-0.3, -0.25) is 4.57 Å². The van der Waals surface area contributed by atoms with E-state index in [1.807, 2.05) is 0 Å². The van der Waals surface area contributed by atoms with Crippen molar-refractivity contribution in [1.29, 1.82) is 0 Å². The highest BCUT2D eigenvalue weighted by atomic mass is 15.1. The Labute approximate surface area is 146 Å². The van der Waals surface area contributed by atoms with Crippen molar-refractivity contribution in [2.75, 3.05) is 0 Å². The largest absolute Gasteiger partial charge is 0.291 e. The van der Waals surface area contributed by atoms with Crippen molar-refractivity contribution < 1.29 is 0 Å². The molecule has 0 aliphatic carbocycles. The lowest BCUT2D eigenvalue weighted by molar-refractivity contribution is 0.830. The van der Waals surface area contributed by atoms with Crippen molar-refractivity contribution in [3.63, 3.8) is 0 Å². The molecule has 2 unspecified atom stereocenters. The van der Waals surface area contributed by atoms with E-state index in [1.54, 1.807) is 0 Å². The third-order valence-electron chi connectivity index (χ3n) is 6.07. The monoisotopic (exact) mass is 322 g/mol. The van der Waals surface area contributed by atoms with Crippen LogP contribution in [0.1, 0.15) is 47.9 Å². The predicted molar refractivity (Wildman–Crippen MR) is 102 cm³/mol. The van der Waals surface area contributed by atoms with Crippen molar-refractivity contribution >= 4 is 11.0 Å². The number of hydrogen-bond acceptors (Lipinski definition) is 1. The Hall–Kier alpha value is -2.87. The first kappa shape index (κ1) is 13.4. The summed E-state index contributed by atoms with van der Waals surface area (Å²) in [6, 6.07) is 22.2. The molecule has 1 aromatic heterocycles. The molecular weight excluding hydrogens is 304 g/mol. The summed E-state index contributed by atoms with van der Waals surface area (Å²) >= 11 is 0. The highest BCUT2D eigenvalue weighted by Crippen LogP contribution is 2.47. The zero-order valence-corrected chi connectivity index (χ0v) is 14.3. The van der Waals surface area contributed by atoms with Crippen LogP contribution < -0.4 is 0 Å². The minimum Gasteiger partial charge on any atom is -0.291 e. The fourth-order valence-electron chi connectivity index (χ4n) is 4.74. The van der Waals surface area contributed by atoms with Gasteiger partial charge in [0.15, 0.2) is 0 Å². The van der Waals surface area contributed by atoms with Crippen molar-refractivity contribution in [2.45, 2.75) is 25.7 Å². The number of para-hydroxylation sites is 2. The standard InChI is InChI=1S/C23H18N2/c1-13-15-6-3-7-16(12-15)23-24-20-11-5-10-19-14(2)18-9-4-8-17(13)21(18)25(23)22(19)20/h3-14H,1-2H3. The first-order valence-electron chi connectivity index (χ1n) is 8.99. The Bertz CT molecular complexity index is 1180. The first-order valence-corrected chi connectivity index (χ1v) is 8.99. The van der Waals surface area contributed by atoms with Gasteiger partial charge >= 0.3 is 0 Å². The number of fused-ring (bicyclic) bond motifs is 3. The number of hydrogen-bond donors (Lipinski definition) is 0. The van der Waals surface area contributed by atoms with Crippen LogP contribution >= 0.6 is 0 Å². The van der Waals surface area contributed by atoms with Crippen LogP contribution in [-0.2, 0) is 0 Å². The molecule has 25 heavy (non-hydrogen) atoms. The summed E-state index contributed by atoms with van der Waals surface area (Å²) in [5.41, 5.74) is 10.5. The maximum Gasteiger partial charge on any atom is 0.145 e. The molecule has 3 heterocycles. The van der Waals surface area contributed by atoms with Gasteiger partial charge < -0.3 is 0 Å². The van der Waals surface area contributed by atoms with E-state index in [0.29, 0.717) is 11.8 Å². The molecule has 0 amide bonds. The van der Waals surface area contributed by atoms with Crippen LogP contribution in [0, 0.1) is 0 Å². The van der Waals surface area contributed by atoms with Gasteiger partial charge in [0.2, 0.25) is 0 Å². The number of nitrogens with zero attached hydrogens (tertiary/aromatic N) is 2. The molecule has 0 spiro atoms. The molecule has 2 aliphatic rings. The zero-order valence-electron chi connectivity index (χ0n) is 14.3.